The van der Waals surface area contributed by atoms with E-state index in [1.165, 1.54) is 12.1 Å². The Labute approximate surface area is 175 Å². The van der Waals surface area contributed by atoms with E-state index in [9.17, 15) is 13.6 Å². The maximum atomic E-state index is 14.0. The molecule has 1 unspecified atom stereocenters. The number of aromatic nitrogens is 1. The van der Waals surface area contributed by atoms with Crippen LogP contribution >= 0.6 is 0 Å². The molecule has 3 rings (SSSR count). The molecule has 7 heteroatoms. The Morgan fingerprint density at radius 2 is 1.93 bits per heavy atom. The van der Waals surface area contributed by atoms with E-state index in [4.69, 9.17) is 9.47 Å². The molecular weight excluding hydrogens is 390 g/mol. The van der Waals surface area contributed by atoms with Crippen molar-refractivity contribution in [2.75, 3.05) is 7.11 Å². The van der Waals surface area contributed by atoms with Crippen LogP contribution in [0, 0.1) is 11.6 Å². The van der Waals surface area contributed by atoms with Crippen LogP contribution in [-0.4, -0.2) is 29.8 Å². The van der Waals surface area contributed by atoms with Crippen LogP contribution in [0.4, 0.5) is 13.6 Å². The minimum Gasteiger partial charge on any atom is -0.499 e. The zero-order valence-corrected chi connectivity index (χ0v) is 17.6. The number of benzene rings is 1. The first-order valence-electron chi connectivity index (χ1n) is 9.82. The third-order valence-corrected chi connectivity index (χ3v) is 4.57. The highest BCUT2D eigenvalue weighted by Crippen LogP contribution is 2.34. The summed E-state index contributed by atoms with van der Waals surface area (Å²) in [4.78, 5) is 16.6. The van der Waals surface area contributed by atoms with Gasteiger partial charge in [-0.05, 0) is 62.9 Å². The summed E-state index contributed by atoms with van der Waals surface area (Å²) in [6.45, 7) is 5.39. The van der Waals surface area contributed by atoms with E-state index in [0.29, 0.717) is 12.1 Å². The van der Waals surface area contributed by atoms with Gasteiger partial charge in [0, 0.05) is 18.2 Å². The molecule has 1 aromatic carbocycles. The average molecular weight is 416 g/mol. The Balaban J connectivity index is 1.79. The van der Waals surface area contributed by atoms with Crippen LogP contribution in [0.25, 0.3) is 11.3 Å². The first-order valence-corrected chi connectivity index (χ1v) is 9.82. The lowest BCUT2D eigenvalue weighted by atomic mass is 10.0. The third-order valence-electron chi connectivity index (χ3n) is 4.57. The number of amides is 1. The zero-order valence-electron chi connectivity index (χ0n) is 17.6. The van der Waals surface area contributed by atoms with Gasteiger partial charge in [-0.1, -0.05) is 12.1 Å². The predicted octanol–water partition coefficient (Wildman–Crippen LogP) is 5.16. The highest BCUT2D eigenvalue weighted by molar-refractivity contribution is 5.69. The molecule has 1 N–H and O–H groups in total. The number of pyridine rings is 1. The van der Waals surface area contributed by atoms with Gasteiger partial charge in [0.2, 0.25) is 0 Å². The first-order chi connectivity index (χ1) is 14.2. The van der Waals surface area contributed by atoms with E-state index in [2.05, 4.69) is 10.3 Å². The fourth-order valence-electron chi connectivity index (χ4n) is 3.14. The van der Waals surface area contributed by atoms with Crippen LogP contribution in [0.3, 0.4) is 0 Å². The fourth-order valence-corrected chi connectivity index (χ4v) is 3.14. The Morgan fingerprint density at radius 1 is 1.20 bits per heavy atom. The molecule has 1 saturated carbocycles. The summed E-state index contributed by atoms with van der Waals surface area (Å²) in [5.74, 6) is -1.12. The molecule has 30 heavy (non-hydrogen) atoms. The maximum absolute atomic E-state index is 14.0. The average Bonchev–Trinajstić information content (AvgIpc) is 3.49. The third kappa shape index (κ3) is 5.55. The van der Waals surface area contributed by atoms with Gasteiger partial charge in [-0.25, -0.2) is 13.6 Å². The van der Waals surface area contributed by atoms with Crippen LogP contribution in [0.2, 0.25) is 0 Å². The fraction of sp³-hybridized carbons (Fsp3) is 0.391. The number of nitrogens with zero attached hydrogens (tertiary/aromatic N) is 1. The molecular formula is C23H26F2N2O3. The topological polar surface area (TPSA) is 60.5 Å². The molecule has 0 radical (unpaired) electrons. The second-order valence-corrected chi connectivity index (χ2v) is 8.23. The molecule has 5 nitrogen and oxygen atoms in total. The number of nitrogens with one attached hydrogen (secondary N) is 1. The van der Waals surface area contributed by atoms with Gasteiger partial charge in [0.15, 0.2) is 11.6 Å². The van der Waals surface area contributed by atoms with Crippen molar-refractivity contribution in [3.05, 3.63) is 65.1 Å². The van der Waals surface area contributed by atoms with Crippen molar-refractivity contribution in [3.8, 4) is 11.3 Å². The lowest BCUT2D eigenvalue weighted by molar-refractivity contribution is 0.0497. The lowest BCUT2D eigenvalue weighted by Crippen LogP contribution is -2.41. The SMILES string of the molecule is COC(=C1CC1)C(Cc1ccc(-c2cccc(F)c2F)nc1)NC(=O)OC(C)(C)C. The molecule has 1 aliphatic carbocycles. The zero-order chi connectivity index (χ0) is 21.9. The van der Waals surface area contributed by atoms with Crippen molar-refractivity contribution in [1.82, 2.24) is 10.3 Å². The molecule has 1 atom stereocenters. The second kappa shape index (κ2) is 8.81. The summed E-state index contributed by atoms with van der Waals surface area (Å²) in [5, 5.41) is 2.88. The molecule has 0 bridgehead atoms. The van der Waals surface area contributed by atoms with Crippen LogP contribution < -0.4 is 5.32 Å². The predicted molar refractivity (Wildman–Crippen MR) is 110 cm³/mol. The van der Waals surface area contributed by atoms with E-state index < -0.39 is 29.4 Å². The Bertz CT molecular complexity index is 944. The van der Waals surface area contributed by atoms with E-state index in [0.717, 1.165) is 35.8 Å². The van der Waals surface area contributed by atoms with E-state index in [1.54, 1.807) is 46.2 Å². The number of ether oxygens (including phenoxy) is 2. The number of rotatable bonds is 6. The minimum atomic E-state index is -0.928. The van der Waals surface area contributed by atoms with Gasteiger partial charge in [-0.3, -0.25) is 4.98 Å². The summed E-state index contributed by atoms with van der Waals surface area (Å²) in [6.07, 6.45) is 3.35. The summed E-state index contributed by atoms with van der Waals surface area (Å²) < 4.78 is 38.5. The number of halogens is 2. The van der Waals surface area contributed by atoms with Gasteiger partial charge >= 0.3 is 6.09 Å². The smallest absolute Gasteiger partial charge is 0.408 e. The Morgan fingerprint density at radius 3 is 2.50 bits per heavy atom. The van der Waals surface area contributed by atoms with Crippen LogP contribution in [-0.2, 0) is 15.9 Å². The first kappa shape index (κ1) is 21.7. The minimum absolute atomic E-state index is 0.0997. The van der Waals surface area contributed by atoms with Crippen molar-refractivity contribution in [2.24, 2.45) is 0 Å². The van der Waals surface area contributed by atoms with E-state index >= 15 is 0 Å². The highest BCUT2D eigenvalue weighted by atomic mass is 19.2. The van der Waals surface area contributed by atoms with Crippen molar-refractivity contribution < 1.29 is 23.0 Å². The molecule has 1 fully saturated rings. The molecule has 1 heterocycles. The molecule has 1 aliphatic rings. The summed E-state index contributed by atoms with van der Waals surface area (Å²) in [5.41, 5.74) is 1.78. The van der Waals surface area contributed by atoms with Gasteiger partial charge in [0.25, 0.3) is 0 Å². The van der Waals surface area contributed by atoms with Gasteiger partial charge in [-0.15, -0.1) is 0 Å². The molecule has 1 aromatic heterocycles. The van der Waals surface area contributed by atoms with Gasteiger partial charge < -0.3 is 14.8 Å². The number of carbonyl (C=O) groups excluding carboxylic acids is 1. The largest absolute Gasteiger partial charge is 0.499 e. The van der Waals surface area contributed by atoms with E-state index in [-0.39, 0.29) is 5.56 Å². The maximum Gasteiger partial charge on any atom is 0.408 e. The molecule has 160 valence electrons. The van der Waals surface area contributed by atoms with E-state index in [1.807, 2.05) is 0 Å². The quantitative estimate of drug-likeness (QED) is 0.661. The van der Waals surface area contributed by atoms with Crippen LogP contribution in [0.1, 0.15) is 39.2 Å². The number of methoxy groups -OCH3 is 1. The second-order valence-electron chi connectivity index (χ2n) is 8.23. The number of allylic oxidation sites excluding steroid dienone is 1. The molecule has 0 saturated heterocycles. The number of hydrogen-bond donors (Lipinski definition) is 1. The highest BCUT2D eigenvalue weighted by Gasteiger charge is 2.29. The normalized spacial score (nSPS) is 14.1. The summed E-state index contributed by atoms with van der Waals surface area (Å²) in [6, 6.07) is 6.99. The van der Waals surface area contributed by atoms with Gasteiger partial charge in [0.05, 0.1) is 18.8 Å². The molecule has 0 spiro atoms. The Kier molecular flexibility index (Phi) is 6.39. The summed E-state index contributed by atoms with van der Waals surface area (Å²) >= 11 is 0. The standard InChI is InChI=1S/C23H26F2N2O3/c1-23(2,3)30-22(28)27-19(21(29-4)15-9-10-15)12-14-8-11-18(26-13-14)16-6-5-7-17(24)20(16)25/h5-8,11,13,19H,9-10,12H2,1-4H3,(H,27,28). The van der Waals surface area contributed by atoms with Crippen molar-refractivity contribution in [3.63, 3.8) is 0 Å². The Hall–Kier alpha value is -2.96. The lowest BCUT2D eigenvalue weighted by Gasteiger charge is -2.25. The molecule has 2 aromatic rings. The summed E-state index contributed by atoms with van der Waals surface area (Å²) in [7, 11) is 1.58. The number of carbonyl (C=O) groups is 1. The van der Waals surface area contributed by atoms with Gasteiger partial charge in [0.1, 0.15) is 11.4 Å². The van der Waals surface area contributed by atoms with Crippen molar-refractivity contribution in [2.45, 2.75) is 51.7 Å². The molecule has 0 aliphatic heterocycles. The van der Waals surface area contributed by atoms with Crippen LogP contribution in [0.15, 0.2) is 47.9 Å². The monoisotopic (exact) mass is 416 g/mol. The van der Waals surface area contributed by atoms with Gasteiger partial charge in [-0.2, -0.15) is 0 Å². The number of hydrogen-bond acceptors (Lipinski definition) is 4. The van der Waals surface area contributed by atoms with Crippen LogP contribution in [0.5, 0.6) is 0 Å². The van der Waals surface area contributed by atoms with Crippen molar-refractivity contribution in [1.29, 1.82) is 0 Å². The number of alkyl carbamates (subject to hydrolysis) is 1. The van der Waals surface area contributed by atoms with Crippen molar-refractivity contribution >= 4 is 6.09 Å². The molecule has 1 amide bonds.